The molecule has 1 aliphatic carbocycles. The van der Waals surface area contributed by atoms with E-state index in [4.69, 9.17) is 0 Å². The van der Waals surface area contributed by atoms with Crippen LogP contribution in [0.4, 0.5) is 0 Å². The molecule has 1 unspecified atom stereocenters. The van der Waals surface area contributed by atoms with Gasteiger partial charge in [0.15, 0.2) is 0 Å². The van der Waals surface area contributed by atoms with Crippen LogP contribution in [0.1, 0.15) is 39.5 Å². The number of hydrogen-bond acceptors (Lipinski definition) is 3. The van der Waals surface area contributed by atoms with Gasteiger partial charge < -0.3 is 14.9 Å². The van der Waals surface area contributed by atoms with Crippen molar-refractivity contribution in [2.24, 2.45) is 11.8 Å². The third-order valence-electron chi connectivity index (χ3n) is 5.22. The van der Waals surface area contributed by atoms with Gasteiger partial charge in [-0.15, -0.1) is 0 Å². The van der Waals surface area contributed by atoms with Gasteiger partial charge in [0.2, 0.25) is 0 Å². The molecule has 0 aromatic heterocycles. The molecule has 2 heterocycles. The van der Waals surface area contributed by atoms with E-state index in [2.05, 4.69) is 23.6 Å². The summed E-state index contributed by atoms with van der Waals surface area (Å²) in [5.41, 5.74) is -0.300. The van der Waals surface area contributed by atoms with Gasteiger partial charge in [-0.25, -0.2) is 0 Å². The summed E-state index contributed by atoms with van der Waals surface area (Å²) in [5.74, 6) is 1.81. The molecule has 3 fully saturated rings. The maximum atomic E-state index is 10.0. The standard InChI is InChI=1S/C15H28N2O/c1-12(2)17-9-14(10-17)13-4-3-7-16(8-13)11-15(18)5-6-15/h12-14,18H,3-11H2,1-2H3. The van der Waals surface area contributed by atoms with Crippen molar-refractivity contribution in [2.75, 3.05) is 32.7 Å². The van der Waals surface area contributed by atoms with Gasteiger partial charge in [0, 0.05) is 32.2 Å². The second-order valence-corrected chi connectivity index (χ2v) is 7.17. The molecule has 3 heteroatoms. The van der Waals surface area contributed by atoms with E-state index in [1.165, 1.54) is 39.0 Å². The smallest absolute Gasteiger partial charge is 0.0776 e. The van der Waals surface area contributed by atoms with Crippen LogP contribution in [0, 0.1) is 11.8 Å². The molecular formula is C15H28N2O. The van der Waals surface area contributed by atoms with Gasteiger partial charge in [0.05, 0.1) is 5.60 Å². The first-order valence-corrected chi connectivity index (χ1v) is 7.74. The van der Waals surface area contributed by atoms with Crippen molar-refractivity contribution in [2.45, 2.75) is 51.2 Å². The normalized spacial score (nSPS) is 33.7. The lowest BCUT2D eigenvalue weighted by atomic mass is 9.80. The number of nitrogens with zero attached hydrogens (tertiary/aromatic N) is 2. The molecule has 2 aliphatic heterocycles. The van der Waals surface area contributed by atoms with E-state index in [-0.39, 0.29) is 5.60 Å². The molecule has 3 aliphatic rings. The van der Waals surface area contributed by atoms with E-state index in [1.807, 2.05) is 0 Å². The van der Waals surface area contributed by atoms with Crippen molar-refractivity contribution in [3.05, 3.63) is 0 Å². The topological polar surface area (TPSA) is 26.7 Å². The number of piperidine rings is 1. The third kappa shape index (κ3) is 2.73. The van der Waals surface area contributed by atoms with E-state index in [9.17, 15) is 5.11 Å². The zero-order valence-electron chi connectivity index (χ0n) is 11.9. The van der Waals surface area contributed by atoms with Crippen LogP contribution in [-0.2, 0) is 0 Å². The molecule has 2 saturated heterocycles. The fraction of sp³-hybridized carbons (Fsp3) is 1.00. The molecule has 1 atom stereocenters. The molecule has 18 heavy (non-hydrogen) atoms. The second-order valence-electron chi connectivity index (χ2n) is 7.17. The van der Waals surface area contributed by atoms with Crippen molar-refractivity contribution in [3.8, 4) is 0 Å². The molecule has 0 bridgehead atoms. The quantitative estimate of drug-likeness (QED) is 0.822. The third-order valence-corrected chi connectivity index (χ3v) is 5.22. The predicted octanol–water partition coefficient (Wildman–Crippen LogP) is 1.56. The van der Waals surface area contributed by atoms with Crippen LogP contribution in [0.5, 0.6) is 0 Å². The number of β-amino-alcohol motifs (C(OH)–C–C–N with tert-alkyl or cyclic N) is 1. The lowest BCUT2D eigenvalue weighted by Gasteiger charge is -2.48. The van der Waals surface area contributed by atoms with Gasteiger partial charge in [-0.1, -0.05) is 0 Å². The minimum atomic E-state index is -0.300. The van der Waals surface area contributed by atoms with E-state index in [1.54, 1.807) is 0 Å². The number of rotatable bonds is 4. The van der Waals surface area contributed by atoms with E-state index in [0.29, 0.717) is 6.04 Å². The van der Waals surface area contributed by atoms with Gasteiger partial charge in [0.25, 0.3) is 0 Å². The van der Waals surface area contributed by atoms with Crippen LogP contribution in [-0.4, -0.2) is 59.3 Å². The number of aliphatic hydroxyl groups is 1. The van der Waals surface area contributed by atoms with Gasteiger partial charge in [-0.2, -0.15) is 0 Å². The Morgan fingerprint density at radius 1 is 1.17 bits per heavy atom. The summed E-state index contributed by atoms with van der Waals surface area (Å²) in [6.45, 7) is 10.6. The van der Waals surface area contributed by atoms with Crippen LogP contribution < -0.4 is 0 Å². The summed E-state index contributed by atoms with van der Waals surface area (Å²) >= 11 is 0. The molecule has 3 rings (SSSR count). The summed E-state index contributed by atoms with van der Waals surface area (Å²) in [6, 6.07) is 0.716. The Morgan fingerprint density at radius 3 is 2.50 bits per heavy atom. The summed E-state index contributed by atoms with van der Waals surface area (Å²) in [6.07, 6.45) is 4.79. The highest BCUT2D eigenvalue weighted by Gasteiger charge is 2.43. The van der Waals surface area contributed by atoms with Crippen LogP contribution >= 0.6 is 0 Å². The molecule has 0 spiro atoms. The molecule has 3 nitrogen and oxygen atoms in total. The number of hydrogen-bond donors (Lipinski definition) is 1. The SMILES string of the molecule is CC(C)N1CC(C2CCCN(CC3(O)CC3)C2)C1. The average molecular weight is 252 g/mol. The molecule has 1 N–H and O–H groups in total. The highest BCUT2D eigenvalue weighted by molar-refractivity contribution is 4.98. The Labute approximate surface area is 111 Å². The zero-order valence-corrected chi connectivity index (χ0v) is 11.9. The Bertz CT molecular complexity index is 295. The Kier molecular flexibility index (Phi) is 3.41. The minimum Gasteiger partial charge on any atom is -0.389 e. The van der Waals surface area contributed by atoms with Crippen molar-refractivity contribution in [1.82, 2.24) is 9.80 Å². The van der Waals surface area contributed by atoms with E-state index >= 15 is 0 Å². The van der Waals surface area contributed by atoms with Gasteiger partial charge in [0.1, 0.15) is 0 Å². The first kappa shape index (κ1) is 12.9. The van der Waals surface area contributed by atoms with Crippen LogP contribution in [0.2, 0.25) is 0 Å². The summed E-state index contributed by atoms with van der Waals surface area (Å²) < 4.78 is 0. The van der Waals surface area contributed by atoms with Crippen LogP contribution in [0.15, 0.2) is 0 Å². The molecular weight excluding hydrogens is 224 g/mol. The fourth-order valence-corrected chi connectivity index (χ4v) is 3.61. The van der Waals surface area contributed by atoms with Crippen molar-refractivity contribution in [3.63, 3.8) is 0 Å². The van der Waals surface area contributed by atoms with Crippen molar-refractivity contribution < 1.29 is 5.11 Å². The maximum Gasteiger partial charge on any atom is 0.0776 e. The monoisotopic (exact) mass is 252 g/mol. The molecule has 0 amide bonds. The highest BCUT2D eigenvalue weighted by atomic mass is 16.3. The molecule has 1 saturated carbocycles. The highest BCUT2D eigenvalue weighted by Crippen LogP contribution is 2.38. The number of likely N-dealkylation sites (tertiary alicyclic amines) is 2. The fourth-order valence-electron chi connectivity index (χ4n) is 3.61. The largest absolute Gasteiger partial charge is 0.389 e. The van der Waals surface area contributed by atoms with Gasteiger partial charge in [-0.05, 0) is 57.9 Å². The first-order valence-electron chi connectivity index (χ1n) is 7.74. The second kappa shape index (κ2) is 4.77. The Balaban J connectivity index is 1.46. The lowest BCUT2D eigenvalue weighted by Crippen LogP contribution is -2.56. The minimum absolute atomic E-state index is 0.300. The lowest BCUT2D eigenvalue weighted by molar-refractivity contribution is -0.00696. The Hall–Kier alpha value is -0.120. The van der Waals surface area contributed by atoms with E-state index < -0.39 is 0 Å². The molecule has 0 aromatic rings. The van der Waals surface area contributed by atoms with Crippen LogP contribution in [0.25, 0.3) is 0 Å². The molecule has 104 valence electrons. The Morgan fingerprint density at radius 2 is 1.89 bits per heavy atom. The molecule has 0 radical (unpaired) electrons. The van der Waals surface area contributed by atoms with Crippen LogP contribution in [0.3, 0.4) is 0 Å². The predicted molar refractivity (Wildman–Crippen MR) is 73.5 cm³/mol. The van der Waals surface area contributed by atoms with Gasteiger partial charge in [-0.3, -0.25) is 0 Å². The van der Waals surface area contributed by atoms with Gasteiger partial charge >= 0.3 is 0 Å². The first-order chi connectivity index (χ1) is 8.56. The average Bonchev–Trinajstić information content (AvgIpc) is 2.93. The zero-order chi connectivity index (χ0) is 12.8. The summed E-state index contributed by atoms with van der Waals surface area (Å²) in [7, 11) is 0. The van der Waals surface area contributed by atoms with Crippen molar-refractivity contribution in [1.29, 1.82) is 0 Å². The maximum absolute atomic E-state index is 10.0. The molecule has 0 aromatic carbocycles. The van der Waals surface area contributed by atoms with E-state index in [0.717, 1.165) is 31.2 Å². The van der Waals surface area contributed by atoms with Crippen molar-refractivity contribution >= 4 is 0 Å². The summed E-state index contributed by atoms with van der Waals surface area (Å²) in [5, 5.41) is 10.0. The summed E-state index contributed by atoms with van der Waals surface area (Å²) in [4.78, 5) is 5.11.